The summed E-state index contributed by atoms with van der Waals surface area (Å²) in [4.78, 5) is 4.68. The van der Waals surface area contributed by atoms with Crippen molar-refractivity contribution in [3.63, 3.8) is 0 Å². The number of hydrogen-bond acceptors (Lipinski definition) is 2. The predicted octanol–water partition coefficient (Wildman–Crippen LogP) is 4.93. The van der Waals surface area contributed by atoms with Gasteiger partial charge in [-0.15, -0.1) is 0 Å². The molecule has 1 N–H and O–H groups in total. The van der Waals surface area contributed by atoms with Crippen molar-refractivity contribution in [2.45, 2.75) is 45.7 Å². The van der Waals surface area contributed by atoms with Crippen LogP contribution in [0.3, 0.4) is 0 Å². The summed E-state index contributed by atoms with van der Waals surface area (Å²) in [5, 5.41) is 3.41. The lowest BCUT2D eigenvalue weighted by atomic mass is 9.78. The van der Waals surface area contributed by atoms with Gasteiger partial charge in [-0.05, 0) is 42.7 Å². The molecule has 1 unspecified atom stereocenters. The predicted molar refractivity (Wildman–Crippen MR) is 93.9 cm³/mol. The van der Waals surface area contributed by atoms with Gasteiger partial charge in [-0.3, -0.25) is 4.99 Å². The van der Waals surface area contributed by atoms with Gasteiger partial charge in [0, 0.05) is 18.0 Å². The molecule has 1 aromatic rings. The number of nitrogens with one attached hydrogen (secondary N) is 1. The van der Waals surface area contributed by atoms with Crippen LogP contribution < -0.4 is 5.32 Å². The highest BCUT2D eigenvalue weighted by Gasteiger charge is 2.23. The molecule has 3 rings (SSSR count). The van der Waals surface area contributed by atoms with E-state index in [9.17, 15) is 0 Å². The van der Waals surface area contributed by atoms with E-state index in [1.165, 1.54) is 48.0 Å². The number of benzene rings is 1. The van der Waals surface area contributed by atoms with Crippen molar-refractivity contribution >= 4 is 6.21 Å². The van der Waals surface area contributed by atoms with Crippen LogP contribution in [0.15, 0.2) is 53.2 Å². The molecule has 116 valence electrons. The first-order valence-electron chi connectivity index (χ1n) is 8.38. The molecule has 1 aromatic carbocycles. The minimum atomic E-state index is 0.0310. The summed E-state index contributed by atoms with van der Waals surface area (Å²) >= 11 is 0. The van der Waals surface area contributed by atoms with Crippen LogP contribution in [-0.4, -0.2) is 6.21 Å². The SMILES string of the molecule is C=C(C1=CNC(c2ccc(C)cc2)N=C1)C1CCC(C)CC1. The summed E-state index contributed by atoms with van der Waals surface area (Å²) < 4.78 is 0. The van der Waals surface area contributed by atoms with Crippen LogP contribution in [0.4, 0.5) is 0 Å². The summed E-state index contributed by atoms with van der Waals surface area (Å²) in [7, 11) is 0. The van der Waals surface area contributed by atoms with Crippen LogP contribution in [0.25, 0.3) is 0 Å². The van der Waals surface area contributed by atoms with Gasteiger partial charge in [0.1, 0.15) is 6.17 Å². The van der Waals surface area contributed by atoms with Gasteiger partial charge in [0.15, 0.2) is 0 Å². The highest BCUT2D eigenvalue weighted by Crippen LogP contribution is 2.35. The summed E-state index contributed by atoms with van der Waals surface area (Å²) in [6.07, 6.45) is 9.32. The van der Waals surface area contributed by atoms with Crippen molar-refractivity contribution in [3.8, 4) is 0 Å². The molecule has 0 spiro atoms. The fourth-order valence-electron chi connectivity index (χ4n) is 3.35. The molecule has 2 aliphatic rings. The lowest BCUT2D eigenvalue weighted by Crippen LogP contribution is -2.21. The fourth-order valence-corrected chi connectivity index (χ4v) is 3.35. The quantitative estimate of drug-likeness (QED) is 0.839. The van der Waals surface area contributed by atoms with E-state index in [0.717, 1.165) is 5.92 Å². The van der Waals surface area contributed by atoms with E-state index >= 15 is 0 Å². The highest BCUT2D eigenvalue weighted by atomic mass is 15.1. The monoisotopic (exact) mass is 294 g/mol. The normalized spacial score (nSPS) is 27.9. The molecule has 0 aromatic heterocycles. The molecule has 1 atom stereocenters. The third-order valence-corrected chi connectivity index (χ3v) is 5.03. The molecule has 1 aliphatic carbocycles. The maximum atomic E-state index is 4.68. The Morgan fingerprint density at radius 3 is 2.41 bits per heavy atom. The summed E-state index contributed by atoms with van der Waals surface area (Å²) in [5.41, 5.74) is 4.90. The first kappa shape index (κ1) is 15.1. The number of allylic oxidation sites excluding steroid dienone is 2. The Hall–Kier alpha value is -1.83. The van der Waals surface area contributed by atoms with Crippen molar-refractivity contribution in [3.05, 3.63) is 59.3 Å². The zero-order valence-corrected chi connectivity index (χ0v) is 13.7. The lowest BCUT2D eigenvalue weighted by molar-refractivity contribution is 0.323. The van der Waals surface area contributed by atoms with E-state index in [0.29, 0.717) is 5.92 Å². The average molecular weight is 294 g/mol. The van der Waals surface area contributed by atoms with Gasteiger partial charge in [0.2, 0.25) is 0 Å². The first-order chi connectivity index (χ1) is 10.6. The molecular formula is C20H26N2. The van der Waals surface area contributed by atoms with Crippen molar-refractivity contribution in [2.24, 2.45) is 16.8 Å². The minimum absolute atomic E-state index is 0.0310. The summed E-state index contributed by atoms with van der Waals surface area (Å²) in [6.45, 7) is 8.80. The van der Waals surface area contributed by atoms with Crippen molar-refractivity contribution in [2.75, 3.05) is 0 Å². The van der Waals surface area contributed by atoms with Crippen molar-refractivity contribution in [1.29, 1.82) is 0 Å². The molecule has 2 nitrogen and oxygen atoms in total. The van der Waals surface area contributed by atoms with Crippen LogP contribution in [-0.2, 0) is 0 Å². The molecule has 1 aliphatic heterocycles. The number of nitrogens with zero attached hydrogens (tertiary/aromatic N) is 1. The van der Waals surface area contributed by atoms with Crippen LogP contribution in [0, 0.1) is 18.8 Å². The standard InChI is InChI=1S/C20H26N2/c1-14-4-8-17(9-5-14)16(3)19-12-21-20(22-13-19)18-10-6-15(2)7-11-18/h6-7,10-14,17,20-21H,3-5,8-9H2,1-2H3. The second-order valence-electron chi connectivity index (χ2n) is 6.84. The van der Waals surface area contributed by atoms with Crippen molar-refractivity contribution in [1.82, 2.24) is 5.32 Å². The molecule has 1 fully saturated rings. The number of aliphatic imine (C=N–C) groups is 1. The van der Waals surface area contributed by atoms with E-state index in [4.69, 9.17) is 0 Å². The Labute approximate surface area is 134 Å². The highest BCUT2D eigenvalue weighted by molar-refractivity contribution is 5.85. The lowest BCUT2D eigenvalue weighted by Gasteiger charge is -2.29. The van der Waals surface area contributed by atoms with E-state index < -0.39 is 0 Å². The van der Waals surface area contributed by atoms with Gasteiger partial charge in [0.05, 0.1) is 0 Å². The van der Waals surface area contributed by atoms with E-state index in [1.807, 2.05) is 6.21 Å². The van der Waals surface area contributed by atoms with Crippen LogP contribution in [0.2, 0.25) is 0 Å². The van der Waals surface area contributed by atoms with Gasteiger partial charge in [-0.2, -0.15) is 0 Å². The molecule has 0 saturated heterocycles. The first-order valence-corrected chi connectivity index (χ1v) is 8.38. The topological polar surface area (TPSA) is 24.4 Å². The maximum absolute atomic E-state index is 4.68. The number of hydrogen-bond donors (Lipinski definition) is 1. The van der Waals surface area contributed by atoms with Crippen molar-refractivity contribution < 1.29 is 0 Å². The average Bonchev–Trinajstić information content (AvgIpc) is 2.56. The molecule has 0 amide bonds. The molecule has 1 heterocycles. The van der Waals surface area contributed by atoms with E-state index in [-0.39, 0.29) is 6.17 Å². The smallest absolute Gasteiger partial charge is 0.144 e. The Morgan fingerprint density at radius 1 is 1.14 bits per heavy atom. The third kappa shape index (κ3) is 3.32. The van der Waals surface area contributed by atoms with E-state index in [2.05, 4.69) is 61.2 Å². The van der Waals surface area contributed by atoms with Gasteiger partial charge >= 0.3 is 0 Å². The Balaban J connectivity index is 1.63. The molecule has 0 bridgehead atoms. The van der Waals surface area contributed by atoms with Gasteiger partial charge in [0.25, 0.3) is 0 Å². The molecule has 2 heteroatoms. The van der Waals surface area contributed by atoms with Gasteiger partial charge in [-0.25, -0.2) is 0 Å². The van der Waals surface area contributed by atoms with Crippen LogP contribution in [0.1, 0.15) is 49.9 Å². The zero-order chi connectivity index (χ0) is 15.5. The summed E-state index contributed by atoms with van der Waals surface area (Å²) in [5.74, 6) is 1.51. The Bertz CT molecular complexity index is 587. The molecule has 1 saturated carbocycles. The summed E-state index contributed by atoms with van der Waals surface area (Å²) in [6, 6.07) is 8.54. The third-order valence-electron chi connectivity index (χ3n) is 5.03. The second kappa shape index (κ2) is 6.51. The van der Waals surface area contributed by atoms with E-state index in [1.54, 1.807) is 0 Å². The largest absolute Gasteiger partial charge is 0.366 e. The Morgan fingerprint density at radius 2 is 1.82 bits per heavy atom. The fraction of sp³-hybridized carbons (Fsp3) is 0.450. The molecule has 0 radical (unpaired) electrons. The molecular weight excluding hydrogens is 268 g/mol. The van der Waals surface area contributed by atoms with Gasteiger partial charge < -0.3 is 5.32 Å². The van der Waals surface area contributed by atoms with Crippen LogP contribution >= 0.6 is 0 Å². The number of aryl methyl sites for hydroxylation is 1. The zero-order valence-electron chi connectivity index (χ0n) is 13.7. The Kier molecular flexibility index (Phi) is 4.47. The minimum Gasteiger partial charge on any atom is -0.366 e. The number of rotatable bonds is 3. The maximum Gasteiger partial charge on any atom is 0.144 e. The molecule has 22 heavy (non-hydrogen) atoms. The second-order valence-corrected chi connectivity index (χ2v) is 6.84. The van der Waals surface area contributed by atoms with Gasteiger partial charge in [-0.1, -0.05) is 56.2 Å². The van der Waals surface area contributed by atoms with Crippen LogP contribution in [0.5, 0.6) is 0 Å².